The van der Waals surface area contributed by atoms with E-state index in [0.717, 1.165) is 43.6 Å². The lowest BCUT2D eigenvalue weighted by Crippen LogP contribution is -2.19. The van der Waals surface area contributed by atoms with Gasteiger partial charge in [-0.3, -0.25) is 4.57 Å². The molecule has 3 heterocycles. The molecule has 7 heteroatoms. The van der Waals surface area contributed by atoms with Crippen LogP contribution in [0.25, 0.3) is 16.9 Å². The van der Waals surface area contributed by atoms with E-state index >= 15 is 0 Å². The van der Waals surface area contributed by atoms with Crippen LogP contribution in [-0.4, -0.2) is 32.7 Å². The summed E-state index contributed by atoms with van der Waals surface area (Å²) in [5.74, 6) is 0.566. The van der Waals surface area contributed by atoms with Crippen molar-refractivity contribution in [2.24, 2.45) is 5.92 Å². The molecule has 0 atom stereocenters. The number of nitrogens with two attached hydrogens (primary N) is 1. The maximum atomic E-state index is 13.8. The Labute approximate surface area is 138 Å². The number of imidazole rings is 1. The lowest BCUT2D eigenvalue weighted by Gasteiger charge is -2.22. The van der Waals surface area contributed by atoms with E-state index in [9.17, 15) is 4.39 Å². The summed E-state index contributed by atoms with van der Waals surface area (Å²) in [7, 11) is 0. The summed E-state index contributed by atoms with van der Waals surface area (Å²) in [6, 6.07) is 2.73. The third-order valence-electron chi connectivity index (χ3n) is 4.42. The second-order valence-electron chi connectivity index (χ2n) is 6.09. The van der Waals surface area contributed by atoms with Gasteiger partial charge in [-0.15, -0.1) is 0 Å². The highest BCUT2D eigenvalue weighted by molar-refractivity contribution is 5.92. The molecule has 1 aliphatic heterocycles. The van der Waals surface area contributed by atoms with Gasteiger partial charge in [-0.25, -0.2) is 19.3 Å². The first-order valence-electron chi connectivity index (χ1n) is 8.02. The molecule has 4 rings (SSSR count). The van der Waals surface area contributed by atoms with Crippen LogP contribution < -0.4 is 5.73 Å². The lowest BCUT2D eigenvalue weighted by molar-refractivity contribution is 0.0663. The summed E-state index contributed by atoms with van der Waals surface area (Å²) in [5, 5.41) is 0.742. The zero-order chi connectivity index (χ0) is 16.5. The molecule has 0 spiro atoms. The number of nitrogens with zero attached hydrogens (tertiary/aromatic N) is 4. The van der Waals surface area contributed by atoms with E-state index in [-0.39, 0.29) is 0 Å². The first-order valence-corrected chi connectivity index (χ1v) is 8.02. The van der Waals surface area contributed by atoms with Crippen molar-refractivity contribution in [1.29, 1.82) is 0 Å². The van der Waals surface area contributed by atoms with Crippen LogP contribution in [-0.2, 0) is 11.2 Å². The minimum absolute atomic E-state index is 0.379. The maximum Gasteiger partial charge on any atom is 0.235 e. The fraction of sp³-hybridized carbons (Fsp3) is 0.353. The van der Waals surface area contributed by atoms with E-state index in [4.69, 9.17) is 15.5 Å². The van der Waals surface area contributed by atoms with Crippen LogP contribution in [0, 0.1) is 11.7 Å². The highest BCUT2D eigenvalue weighted by Crippen LogP contribution is 2.29. The molecule has 2 N–H and O–H groups in total. The standard InChI is InChI=1S/C17H18FN5O/c18-12-8-13(19)16-14(7-11-1-5-24-6-2-11)21-17(22-15(16)9-12)23-4-3-20-10-23/h3-4,8-11H,1-2,5-7,19H2. The Hall–Kier alpha value is -2.54. The Morgan fingerprint density at radius 3 is 2.83 bits per heavy atom. The Kier molecular flexibility index (Phi) is 3.86. The van der Waals surface area contributed by atoms with Crippen molar-refractivity contribution in [3.8, 4) is 5.95 Å². The number of hydrogen-bond donors (Lipinski definition) is 1. The number of aromatic nitrogens is 4. The van der Waals surface area contributed by atoms with E-state index in [1.165, 1.54) is 12.1 Å². The molecule has 6 nitrogen and oxygen atoms in total. The smallest absolute Gasteiger partial charge is 0.235 e. The van der Waals surface area contributed by atoms with Gasteiger partial charge in [0.2, 0.25) is 5.95 Å². The summed E-state index contributed by atoms with van der Waals surface area (Å²) < 4.78 is 20.9. The summed E-state index contributed by atoms with van der Waals surface area (Å²) >= 11 is 0. The van der Waals surface area contributed by atoms with Gasteiger partial charge in [0.1, 0.15) is 12.1 Å². The van der Waals surface area contributed by atoms with Gasteiger partial charge in [0.05, 0.1) is 11.2 Å². The number of rotatable bonds is 3. The molecule has 0 radical (unpaired) electrons. The van der Waals surface area contributed by atoms with Gasteiger partial charge < -0.3 is 10.5 Å². The lowest BCUT2D eigenvalue weighted by atomic mass is 9.93. The molecule has 124 valence electrons. The average molecular weight is 327 g/mol. The predicted octanol–water partition coefficient (Wildman–Crippen LogP) is 2.51. The molecule has 0 saturated carbocycles. The third kappa shape index (κ3) is 2.82. The molecular weight excluding hydrogens is 309 g/mol. The fourth-order valence-corrected chi connectivity index (χ4v) is 3.19. The molecule has 3 aromatic rings. The van der Waals surface area contributed by atoms with Crippen molar-refractivity contribution in [2.45, 2.75) is 19.3 Å². The predicted molar refractivity (Wildman–Crippen MR) is 88.3 cm³/mol. The van der Waals surface area contributed by atoms with Crippen LogP contribution >= 0.6 is 0 Å². The number of anilines is 1. The second kappa shape index (κ2) is 6.16. The van der Waals surface area contributed by atoms with Crippen molar-refractivity contribution in [3.63, 3.8) is 0 Å². The van der Waals surface area contributed by atoms with Crippen LogP contribution in [0.3, 0.4) is 0 Å². The minimum Gasteiger partial charge on any atom is -0.398 e. The van der Waals surface area contributed by atoms with Crippen LogP contribution in [0.5, 0.6) is 0 Å². The number of nitrogen functional groups attached to an aromatic ring is 1. The quantitative estimate of drug-likeness (QED) is 0.748. The fourth-order valence-electron chi connectivity index (χ4n) is 3.19. The number of ether oxygens (including phenoxy) is 1. The summed E-state index contributed by atoms with van der Waals surface area (Å²) in [6.45, 7) is 1.54. The molecule has 0 bridgehead atoms. The zero-order valence-electron chi connectivity index (χ0n) is 13.2. The molecule has 0 amide bonds. The highest BCUT2D eigenvalue weighted by Gasteiger charge is 2.19. The number of hydrogen-bond acceptors (Lipinski definition) is 5. The molecule has 1 saturated heterocycles. The Morgan fingerprint density at radius 1 is 1.25 bits per heavy atom. The molecule has 1 fully saturated rings. The molecular formula is C17H18FN5O. The molecule has 1 aliphatic rings. The minimum atomic E-state index is -0.396. The first-order chi connectivity index (χ1) is 11.7. The van der Waals surface area contributed by atoms with Crippen molar-refractivity contribution in [2.75, 3.05) is 18.9 Å². The Bertz CT molecular complexity index is 859. The molecule has 1 aromatic carbocycles. The topological polar surface area (TPSA) is 78.9 Å². The van der Waals surface area contributed by atoms with E-state index in [2.05, 4.69) is 9.97 Å². The van der Waals surface area contributed by atoms with Crippen LogP contribution in [0.4, 0.5) is 10.1 Å². The Morgan fingerprint density at radius 2 is 2.08 bits per heavy atom. The van der Waals surface area contributed by atoms with E-state index in [0.29, 0.717) is 23.1 Å². The third-order valence-corrected chi connectivity index (χ3v) is 4.42. The summed E-state index contributed by atoms with van der Waals surface area (Å²) in [5.41, 5.74) is 7.82. The SMILES string of the molecule is Nc1cc(F)cc2nc(-n3ccnc3)nc(CC3CCOCC3)c12. The Balaban J connectivity index is 1.84. The van der Waals surface area contributed by atoms with E-state index in [1.807, 2.05) is 0 Å². The van der Waals surface area contributed by atoms with Gasteiger partial charge in [0, 0.05) is 42.7 Å². The van der Waals surface area contributed by atoms with Gasteiger partial charge in [-0.1, -0.05) is 0 Å². The summed E-state index contributed by atoms with van der Waals surface area (Å²) in [6.07, 6.45) is 7.82. The largest absolute Gasteiger partial charge is 0.398 e. The number of benzene rings is 1. The summed E-state index contributed by atoms with van der Waals surface area (Å²) in [4.78, 5) is 13.2. The molecule has 0 unspecified atom stereocenters. The molecule has 0 aliphatic carbocycles. The van der Waals surface area contributed by atoms with Crippen molar-refractivity contribution in [1.82, 2.24) is 19.5 Å². The monoisotopic (exact) mass is 327 g/mol. The van der Waals surface area contributed by atoms with Gasteiger partial charge >= 0.3 is 0 Å². The second-order valence-corrected chi connectivity index (χ2v) is 6.09. The first kappa shape index (κ1) is 15.0. The maximum absolute atomic E-state index is 13.8. The van der Waals surface area contributed by atoms with E-state index < -0.39 is 5.82 Å². The number of fused-ring (bicyclic) bond motifs is 1. The van der Waals surface area contributed by atoms with Gasteiger partial charge in [-0.05, 0) is 31.2 Å². The normalized spacial score (nSPS) is 15.9. The van der Waals surface area contributed by atoms with Crippen LogP contribution in [0.2, 0.25) is 0 Å². The van der Waals surface area contributed by atoms with Gasteiger partial charge in [-0.2, -0.15) is 0 Å². The zero-order valence-corrected chi connectivity index (χ0v) is 13.2. The van der Waals surface area contributed by atoms with Crippen LogP contribution in [0.1, 0.15) is 18.5 Å². The van der Waals surface area contributed by atoms with Crippen molar-refractivity contribution >= 4 is 16.6 Å². The van der Waals surface area contributed by atoms with Crippen molar-refractivity contribution in [3.05, 3.63) is 42.4 Å². The van der Waals surface area contributed by atoms with Crippen molar-refractivity contribution < 1.29 is 9.13 Å². The van der Waals surface area contributed by atoms with Gasteiger partial charge in [0.15, 0.2) is 0 Å². The highest BCUT2D eigenvalue weighted by atomic mass is 19.1. The molecule has 24 heavy (non-hydrogen) atoms. The molecule has 2 aromatic heterocycles. The van der Waals surface area contributed by atoms with E-state index in [1.54, 1.807) is 23.3 Å². The average Bonchev–Trinajstić information content (AvgIpc) is 3.09. The number of halogens is 1. The van der Waals surface area contributed by atoms with Crippen LogP contribution in [0.15, 0.2) is 30.9 Å². The van der Waals surface area contributed by atoms with Gasteiger partial charge in [0.25, 0.3) is 0 Å².